The van der Waals surface area contributed by atoms with Gasteiger partial charge in [0.1, 0.15) is 0 Å². The molecule has 0 fully saturated rings. The third kappa shape index (κ3) is 2.67. The molecule has 0 radical (unpaired) electrons. The molecule has 0 aliphatic rings. The topological polar surface area (TPSA) is 29.9 Å². The molecule has 0 saturated carbocycles. The number of anilines is 1. The highest BCUT2D eigenvalue weighted by Gasteiger charge is 2.03. The number of nitrogens with one attached hydrogen (secondary N) is 1. The van der Waals surface area contributed by atoms with Crippen LogP contribution in [0, 0.1) is 6.92 Å². The maximum absolute atomic E-state index is 4.44. The smallest absolute Gasteiger partial charge is 0.0625 e. The van der Waals surface area contributed by atoms with E-state index in [2.05, 4.69) is 54.6 Å². The van der Waals surface area contributed by atoms with Gasteiger partial charge in [-0.05, 0) is 31.0 Å². The average Bonchev–Trinajstić information content (AvgIpc) is 2.69. The summed E-state index contributed by atoms with van der Waals surface area (Å²) >= 11 is 0. The second-order valence-electron chi connectivity index (χ2n) is 4.27. The number of hydrogen-bond donors (Lipinski definition) is 1. The highest BCUT2D eigenvalue weighted by Crippen LogP contribution is 2.14. The van der Waals surface area contributed by atoms with Gasteiger partial charge in [-0.3, -0.25) is 4.68 Å². The first-order chi connectivity index (χ1) is 8.20. The van der Waals surface area contributed by atoms with Crippen LogP contribution in [0.2, 0.25) is 0 Å². The van der Waals surface area contributed by atoms with Crippen LogP contribution in [-0.2, 0) is 20.0 Å². The van der Waals surface area contributed by atoms with Crippen molar-refractivity contribution in [2.45, 2.75) is 26.8 Å². The summed E-state index contributed by atoms with van der Waals surface area (Å²) in [4.78, 5) is 0. The Hall–Kier alpha value is -1.77. The summed E-state index contributed by atoms with van der Waals surface area (Å²) < 4.78 is 1.95. The Labute approximate surface area is 102 Å². The molecule has 0 atom stereocenters. The molecule has 3 nitrogen and oxygen atoms in total. The van der Waals surface area contributed by atoms with E-state index in [1.54, 1.807) is 0 Å². The van der Waals surface area contributed by atoms with Gasteiger partial charge in [0.05, 0.1) is 17.9 Å². The SMILES string of the molecule is CCc1cc(CNc2ccccc2C)n(C)n1. The van der Waals surface area contributed by atoms with Crippen LogP contribution in [-0.4, -0.2) is 9.78 Å². The summed E-state index contributed by atoms with van der Waals surface area (Å²) in [5, 5.41) is 7.89. The molecule has 0 unspecified atom stereocenters. The Morgan fingerprint density at radius 1 is 1.29 bits per heavy atom. The van der Waals surface area contributed by atoms with E-state index >= 15 is 0 Å². The van der Waals surface area contributed by atoms with Gasteiger partial charge in [-0.15, -0.1) is 0 Å². The largest absolute Gasteiger partial charge is 0.379 e. The summed E-state index contributed by atoms with van der Waals surface area (Å²) in [6.45, 7) is 5.05. The molecule has 0 bridgehead atoms. The zero-order chi connectivity index (χ0) is 12.3. The van der Waals surface area contributed by atoms with E-state index in [9.17, 15) is 0 Å². The second kappa shape index (κ2) is 5.04. The first-order valence-corrected chi connectivity index (χ1v) is 6.02. The Balaban J connectivity index is 2.07. The van der Waals surface area contributed by atoms with Crippen molar-refractivity contribution in [2.75, 3.05) is 5.32 Å². The van der Waals surface area contributed by atoms with Crippen LogP contribution in [0.3, 0.4) is 0 Å². The van der Waals surface area contributed by atoms with Gasteiger partial charge in [0, 0.05) is 12.7 Å². The minimum absolute atomic E-state index is 0.814. The molecule has 90 valence electrons. The van der Waals surface area contributed by atoms with Crippen molar-refractivity contribution in [3.05, 3.63) is 47.3 Å². The number of hydrogen-bond acceptors (Lipinski definition) is 2. The quantitative estimate of drug-likeness (QED) is 0.873. The van der Waals surface area contributed by atoms with Gasteiger partial charge >= 0.3 is 0 Å². The maximum atomic E-state index is 4.44. The molecule has 17 heavy (non-hydrogen) atoms. The Morgan fingerprint density at radius 3 is 2.71 bits per heavy atom. The van der Waals surface area contributed by atoms with Crippen LogP contribution in [0.5, 0.6) is 0 Å². The van der Waals surface area contributed by atoms with E-state index in [1.807, 2.05) is 11.7 Å². The molecule has 0 saturated heterocycles. The zero-order valence-electron chi connectivity index (χ0n) is 10.7. The summed E-state index contributed by atoms with van der Waals surface area (Å²) in [5.41, 5.74) is 4.82. The standard InChI is InChI=1S/C14H19N3/c1-4-12-9-13(17(3)16-12)10-15-14-8-6-5-7-11(14)2/h5-9,15H,4,10H2,1-3H3. The lowest BCUT2D eigenvalue weighted by molar-refractivity contribution is 0.707. The minimum Gasteiger partial charge on any atom is -0.379 e. The van der Waals surface area contributed by atoms with E-state index in [0.717, 1.165) is 18.7 Å². The molecular formula is C14H19N3. The fourth-order valence-electron chi connectivity index (χ4n) is 1.87. The number of rotatable bonds is 4. The first-order valence-electron chi connectivity index (χ1n) is 6.02. The predicted octanol–water partition coefficient (Wildman–Crippen LogP) is 2.90. The van der Waals surface area contributed by atoms with Crippen LogP contribution in [0.25, 0.3) is 0 Å². The second-order valence-corrected chi connectivity index (χ2v) is 4.27. The van der Waals surface area contributed by atoms with Gasteiger partial charge < -0.3 is 5.32 Å². The molecule has 2 aromatic rings. The van der Waals surface area contributed by atoms with Crippen LogP contribution >= 0.6 is 0 Å². The Morgan fingerprint density at radius 2 is 2.06 bits per heavy atom. The molecule has 1 N–H and O–H groups in total. The van der Waals surface area contributed by atoms with Gasteiger partial charge in [0.25, 0.3) is 0 Å². The lowest BCUT2D eigenvalue weighted by Crippen LogP contribution is -2.06. The highest BCUT2D eigenvalue weighted by molar-refractivity contribution is 5.50. The molecule has 1 aromatic carbocycles. The van der Waals surface area contributed by atoms with Gasteiger partial charge in [-0.2, -0.15) is 5.10 Å². The van der Waals surface area contributed by atoms with Crippen LogP contribution in [0.1, 0.15) is 23.9 Å². The fraction of sp³-hybridized carbons (Fsp3) is 0.357. The van der Waals surface area contributed by atoms with Gasteiger partial charge in [-0.25, -0.2) is 0 Å². The number of para-hydroxylation sites is 1. The highest BCUT2D eigenvalue weighted by atomic mass is 15.3. The molecule has 0 aliphatic heterocycles. The van der Waals surface area contributed by atoms with Crippen molar-refractivity contribution in [3.8, 4) is 0 Å². The number of nitrogens with zero attached hydrogens (tertiary/aromatic N) is 2. The number of benzene rings is 1. The molecule has 3 heteroatoms. The van der Waals surface area contributed by atoms with Crippen LogP contribution in [0.15, 0.2) is 30.3 Å². The zero-order valence-corrected chi connectivity index (χ0v) is 10.7. The molecule has 2 rings (SSSR count). The summed E-state index contributed by atoms with van der Waals surface area (Å²) in [5.74, 6) is 0. The van der Waals surface area contributed by atoms with Crippen molar-refractivity contribution in [1.82, 2.24) is 9.78 Å². The van der Waals surface area contributed by atoms with Gasteiger partial charge in [0.2, 0.25) is 0 Å². The third-order valence-electron chi connectivity index (χ3n) is 2.99. The number of aryl methyl sites for hydroxylation is 3. The lowest BCUT2D eigenvalue weighted by Gasteiger charge is -2.09. The monoisotopic (exact) mass is 229 g/mol. The Bertz CT molecular complexity index is 500. The summed E-state index contributed by atoms with van der Waals surface area (Å²) in [7, 11) is 1.99. The molecule has 0 spiro atoms. The van der Waals surface area contributed by atoms with Crippen molar-refractivity contribution >= 4 is 5.69 Å². The summed E-state index contributed by atoms with van der Waals surface area (Å²) in [6.07, 6.45) is 0.984. The van der Waals surface area contributed by atoms with Crippen molar-refractivity contribution < 1.29 is 0 Å². The van der Waals surface area contributed by atoms with E-state index in [0.29, 0.717) is 0 Å². The van der Waals surface area contributed by atoms with E-state index in [4.69, 9.17) is 0 Å². The predicted molar refractivity (Wildman–Crippen MR) is 71.1 cm³/mol. The van der Waals surface area contributed by atoms with Crippen molar-refractivity contribution in [3.63, 3.8) is 0 Å². The molecule has 0 amide bonds. The minimum atomic E-state index is 0.814. The Kier molecular flexibility index (Phi) is 3.47. The van der Waals surface area contributed by atoms with Gasteiger partial charge in [-0.1, -0.05) is 25.1 Å². The third-order valence-corrected chi connectivity index (χ3v) is 2.99. The van der Waals surface area contributed by atoms with Crippen LogP contribution < -0.4 is 5.32 Å². The molecule has 0 aliphatic carbocycles. The maximum Gasteiger partial charge on any atom is 0.0625 e. The molecule has 1 aromatic heterocycles. The molecular weight excluding hydrogens is 210 g/mol. The number of aromatic nitrogens is 2. The van der Waals surface area contributed by atoms with E-state index in [-0.39, 0.29) is 0 Å². The normalized spacial score (nSPS) is 10.5. The fourth-order valence-corrected chi connectivity index (χ4v) is 1.87. The van der Waals surface area contributed by atoms with E-state index in [1.165, 1.54) is 16.9 Å². The van der Waals surface area contributed by atoms with Crippen molar-refractivity contribution in [2.24, 2.45) is 7.05 Å². The molecule has 1 heterocycles. The van der Waals surface area contributed by atoms with Crippen molar-refractivity contribution in [1.29, 1.82) is 0 Å². The summed E-state index contributed by atoms with van der Waals surface area (Å²) in [6, 6.07) is 10.5. The van der Waals surface area contributed by atoms with Crippen LogP contribution in [0.4, 0.5) is 5.69 Å². The average molecular weight is 229 g/mol. The van der Waals surface area contributed by atoms with Gasteiger partial charge in [0.15, 0.2) is 0 Å². The lowest BCUT2D eigenvalue weighted by atomic mass is 10.2. The first kappa shape index (κ1) is 11.7. The van der Waals surface area contributed by atoms with E-state index < -0.39 is 0 Å².